The van der Waals surface area contributed by atoms with Crippen molar-refractivity contribution in [2.45, 2.75) is 19.8 Å². The summed E-state index contributed by atoms with van der Waals surface area (Å²) >= 11 is 0. The maximum atomic E-state index is 11.2. The van der Waals surface area contributed by atoms with Gasteiger partial charge in [0.05, 0.1) is 29.2 Å². The maximum Gasteiger partial charge on any atom is 0.373 e. The number of hydrogen-bond acceptors (Lipinski definition) is 5. The third-order valence-electron chi connectivity index (χ3n) is 2.95. The van der Waals surface area contributed by atoms with Crippen LogP contribution >= 0.6 is 0 Å². The van der Waals surface area contributed by atoms with Gasteiger partial charge in [-0.1, -0.05) is 13.8 Å². The van der Waals surface area contributed by atoms with Crippen LogP contribution < -0.4 is 0 Å². The van der Waals surface area contributed by atoms with E-state index in [1.165, 1.54) is 0 Å². The van der Waals surface area contributed by atoms with Gasteiger partial charge in [-0.15, -0.1) is 0 Å². The lowest BCUT2D eigenvalue weighted by Crippen LogP contribution is -2.01. The van der Waals surface area contributed by atoms with Gasteiger partial charge in [-0.3, -0.25) is 4.98 Å². The van der Waals surface area contributed by atoms with Crippen molar-refractivity contribution in [2.24, 2.45) is 0 Å². The van der Waals surface area contributed by atoms with E-state index in [0.29, 0.717) is 16.8 Å². The molecule has 3 rings (SSSR count). The summed E-state index contributed by atoms with van der Waals surface area (Å²) in [4.78, 5) is 19.5. The fourth-order valence-electron chi connectivity index (χ4n) is 1.99. The fraction of sp³-hybridized carbons (Fsp3) is 0.231. The Morgan fingerprint density at radius 1 is 1.40 bits per heavy atom. The van der Waals surface area contributed by atoms with E-state index in [0.717, 1.165) is 0 Å². The topological polar surface area (TPSA) is 93.5 Å². The van der Waals surface area contributed by atoms with Crippen LogP contribution in [0.5, 0.6) is 0 Å². The highest BCUT2D eigenvalue weighted by Gasteiger charge is 2.23. The number of carboxylic acids is 1. The molecule has 0 bridgehead atoms. The number of hydrogen-bond donors (Lipinski definition) is 1. The van der Waals surface area contributed by atoms with Crippen LogP contribution in [0.15, 0.2) is 29.2 Å². The molecule has 3 heterocycles. The van der Waals surface area contributed by atoms with E-state index in [2.05, 4.69) is 15.1 Å². The first kappa shape index (κ1) is 12.3. The second-order valence-corrected chi connectivity index (χ2v) is 4.66. The van der Waals surface area contributed by atoms with Gasteiger partial charge in [-0.05, 0) is 5.92 Å². The van der Waals surface area contributed by atoms with Crippen LogP contribution in [-0.2, 0) is 0 Å². The molecule has 7 heteroatoms. The number of carbonyl (C=O) groups is 1. The molecule has 0 spiro atoms. The highest BCUT2D eigenvalue weighted by molar-refractivity contribution is 5.87. The lowest BCUT2D eigenvalue weighted by Gasteiger charge is -1.98. The van der Waals surface area contributed by atoms with Crippen LogP contribution in [0.3, 0.4) is 0 Å². The molecule has 102 valence electrons. The lowest BCUT2D eigenvalue weighted by molar-refractivity contribution is 0.0661. The number of aromatic carboxylic acids is 1. The van der Waals surface area contributed by atoms with E-state index in [4.69, 9.17) is 4.42 Å². The monoisotopic (exact) mass is 272 g/mol. The van der Waals surface area contributed by atoms with E-state index in [1.54, 1.807) is 29.3 Å². The molecule has 0 saturated carbocycles. The van der Waals surface area contributed by atoms with Crippen LogP contribution in [-0.4, -0.2) is 30.7 Å². The molecule has 0 amide bonds. The molecule has 20 heavy (non-hydrogen) atoms. The normalized spacial score (nSPS) is 11.3. The van der Waals surface area contributed by atoms with Crippen molar-refractivity contribution in [3.8, 4) is 11.5 Å². The Bertz CT molecular complexity index is 788. The minimum Gasteiger partial charge on any atom is -0.475 e. The highest BCUT2D eigenvalue weighted by atomic mass is 16.4. The summed E-state index contributed by atoms with van der Waals surface area (Å²) in [5.74, 6) is -1.05. The predicted octanol–water partition coefficient (Wildman–Crippen LogP) is 2.21. The summed E-state index contributed by atoms with van der Waals surface area (Å²) in [6, 6.07) is 0. The van der Waals surface area contributed by atoms with Gasteiger partial charge in [-0.2, -0.15) is 5.10 Å². The molecule has 3 aromatic heterocycles. The summed E-state index contributed by atoms with van der Waals surface area (Å²) in [5.41, 5.74) is 1.75. The third kappa shape index (κ3) is 1.83. The largest absolute Gasteiger partial charge is 0.475 e. The lowest BCUT2D eigenvalue weighted by atomic mass is 10.1. The molecule has 0 unspecified atom stereocenters. The van der Waals surface area contributed by atoms with Crippen molar-refractivity contribution in [1.82, 2.24) is 19.6 Å². The average Bonchev–Trinajstić information content (AvgIpc) is 3.02. The van der Waals surface area contributed by atoms with Gasteiger partial charge in [0.2, 0.25) is 11.7 Å². The van der Waals surface area contributed by atoms with Crippen LogP contribution in [0, 0.1) is 0 Å². The summed E-state index contributed by atoms with van der Waals surface area (Å²) in [6.45, 7) is 3.73. The molecule has 1 N–H and O–H groups in total. The van der Waals surface area contributed by atoms with Gasteiger partial charge in [0.1, 0.15) is 0 Å². The standard InChI is InChI=1S/C13H12N4O3/c1-7(2)10-11(13(18)19)20-12(16-10)8-5-15-17-4-3-14-6-9(8)17/h3-7H,1-2H3,(H,18,19). The van der Waals surface area contributed by atoms with Gasteiger partial charge in [-0.25, -0.2) is 14.3 Å². The van der Waals surface area contributed by atoms with Gasteiger partial charge < -0.3 is 9.52 Å². The smallest absolute Gasteiger partial charge is 0.373 e. The number of fused-ring (bicyclic) bond motifs is 1. The molecular weight excluding hydrogens is 260 g/mol. The summed E-state index contributed by atoms with van der Waals surface area (Å²) < 4.78 is 7.03. The number of oxazole rings is 1. The maximum absolute atomic E-state index is 11.2. The molecule has 3 aromatic rings. The SMILES string of the molecule is CC(C)c1nc(-c2cnn3ccncc23)oc1C(=O)O. The van der Waals surface area contributed by atoms with Gasteiger partial charge >= 0.3 is 5.97 Å². The zero-order chi connectivity index (χ0) is 14.3. The van der Waals surface area contributed by atoms with E-state index >= 15 is 0 Å². The Kier molecular flexibility index (Phi) is 2.74. The number of aromatic nitrogens is 4. The molecule has 0 atom stereocenters. The summed E-state index contributed by atoms with van der Waals surface area (Å²) in [7, 11) is 0. The van der Waals surface area contributed by atoms with Crippen LogP contribution in [0.4, 0.5) is 0 Å². The first-order chi connectivity index (χ1) is 9.58. The van der Waals surface area contributed by atoms with E-state index in [1.807, 2.05) is 13.8 Å². The highest BCUT2D eigenvalue weighted by Crippen LogP contribution is 2.28. The molecule has 0 radical (unpaired) electrons. The molecule has 0 aromatic carbocycles. The Labute approximate surface area is 113 Å². The number of rotatable bonds is 3. The Morgan fingerprint density at radius 3 is 2.85 bits per heavy atom. The van der Waals surface area contributed by atoms with Crippen LogP contribution in [0.2, 0.25) is 0 Å². The Hall–Kier alpha value is -2.70. The Morgan fingerprint density at radius 2 is 2.20 bits per heavy atom. The van der Waals surface area contributed by atoms with Crippen molar-refractivity contribution < 1.29 is 14.3 Å². The van der Waals surface area contributed by atoms with Gasteiger partial charge in [0, 0.05) is 12.4 Å². The van der Waals surface area contributed by atoms with Gasteiger partial charge in [0.25, 0.3) is 0 Å². The zero-order valence-electron chi connectivity index (χ0n) is 10.9. The van der Waals surface area contributed by atoms with E-state index < -0.39 is 5.97 Å². The second-order valence-electron chi connectivity index (χ2n) is 4.66. The van der Waals surface area contributed by atoms with Crippen molar-refractivity contribution in [3.63, 3.8) is 0 Å². The van der Waals surface area contributed by atoms with Crippen LogP contribution in [0.25, 0.3) is 17.0 Å². The van der Waals surface area contributed by atoms with E-state index in [-0.39, 0.29) is 17.6 Å². The molecular formula is C13H12N4O3. The first-order valence-corrected chi connectivity index (χ1v) is 6.09. The zero-order valence-corrected chi connectivity index (χ0v) is 10.9. The van der Waals surface area contributed by atoms with Crippen molar-refractivity contribution in [3.05, 3.63) is 36.2 Å². The van der Waals surface area contributed by atoms with Crippen molar-refractivity contribution in [1.29, 1.82) is 0 Å². The van der Waals surface area contributed by atoms with Gasteiger partial charge in [0.15, 0.2) is 0 Å². The predicted molar refractivity (Wildman–Crippen MR) is 69.5 cm³/mol. The molecule has 0 aliphatic carbocycles. The molecule has 0 aliphatic rings. The molecule has 0 aliphatic heterocycles. The Balaban J connectivity index is 2.20. The van der Waals surface area contributed by atoms with Crippen molar-refractivity contribution in [2.75, 3.05) is 0 Å². The summed E-state index contributed by atoms with van der Waals surface area (Å²) in [5, 5.41) is 13.3. The molecule has 7 nitrogen and oxygen atoms in total. The fourth-order valence-corrected chi connectivity index (χ4v) is 1.99. The minimum absolute atomic E-state index is 0.0430. The van der Waals surface area contributed by atoms with Crippen molar-refractivity contribution >= 4 is 11.5 Å². The average molecular weight is 272 g/mol. The number of carboxylic acid groups (broad SMARTS) is 1. The minimum atomic E-state index is -1.12. The quantitative estimate of drug-likeness (QED) is 0.785. The van der Waals surface area contributed by atoms with E-state index in [9.17, 15) is 9.90 Å². The van der Waals surface area contributed by atoms with Crippen LogP contribution in [0.1, 0.15) is 36.0 Å². The second kappa shape index (κ2) is 4.44. The summed E-state index contributed by atoms with van der Waals surface area (Å²) in [6.07, 6.45) is 6.52. The third-order valence-corrected chi connectivity index (χ3v) is 2.95. The molecule has 0 fully saturated rings. The molecule has 0 saturated heterocycles. The first-order valence-electron chi connectivity index (χ1n) is 6.09. The number of nitrogens with zero attached hydrogens (tertiary/aromatic N) is 4.